The zero-order chi connectivity index (χ0) is 7.78. The predicted molar refractivity (Wildman–Crippen MR) is 51.8 cm³/mol. The molecule has 1 rings (SSSR count). The van der Waals surface area contributed by atoms with Crippen molar-refractivity contribution >= 4 is 29.8 Å². The van der Waals surface area contributed by atoms with Gasteiger partial charge in [-0.3, -0.25) is 0 Å². The normalized spacial score (nSPS) is 30.3. The van der Waals surface area contributed by atoms with Gasteiger partial charge in [-0.1, -0.05) is 12.2 Å². The van der Waals surface area contributed by atoms with Gasteiger partial charge in [0.25, 0.3) is 0 Å². The average molecular weight is 175 g/mol. The lowest BCUT2D eigenvalue weighted by Gasteiger charge is -2.16. The maximum Gasteiger partial charge on any atom is 0.0797 e. The molecule has 1 unspecified atom stereocenters. The third-order valence-corrected chi connectivity index (χ3v) is 2.69. The summed E-state index contributed by atoms with van der Waals surface area (Å²) in [6.45, 7) is 4.34. The molecule has 1 aliphatic heterocycles. The largest absolute Gasteiger partial charge is 0.374 e. The molecule has 1 saturated heterocycles. The number of hydrogen-bond acceptors (Lipinski definition) is 2. The minimum atomic E-state index is 0.199. The number of rotatable bonds is 1. The molecule has 0 aromatic carbocycles. The van der Waals surface area contributed by atoms with Crippen LogP contribution in [0, 0.1) is 5.92 Å². The molecule has 58 valence electrons. The molecule has 0 radical (unpaired) electrons. The number of thiocarbonyl (C=S) groups is 1. The molecule has 1 heterocycles. The smallest absolute Gasteiger partial charge is 0.0797 e. The summed E-state index contributed by atoms with van der Waals surface area (Å²) in [5.41, 5.74) is 0.199. The summed E-state index contributed by atoms with van der Waals surface area (Å²) in [5, 5.41) is 3.28. The zero-order valence-electron chi connectivity index (χ0n) is 6.35. The maximum atomic E-state index is 5.13. The van der Waals surface area contributed by atoms with Gasteiger partial charge < -0.3 is 5.32 Å². The van der Waals surface area contributed by atoms with Crippen LogP contribution in [0.5, 0.6) is 0 Å². The standard InChI is InChI=1S/C7H13NS2/c1-7(2)3-5(4-9)6(10)8-7/h5,9H,3-4H2,1-2H3,(H,8,10). The van der Waals surface area contributed by atoms with E-state index in [4.69, 9.17) is 12.2 Å². The molecule has 10 heavy (non-hydrogen) atoms. The first kappa shape index (κ1) is 8.34. The van der Waals surface area contributed by atoms with Crippen molar-refractivity contribution in [1.29, 1.82) is 0 Å². The second kappa shape index (κ2) is 2.70. The highest BCUT2D eigenvalue weighted by Gasteiger charge is 2.33. The van der Waals surface area contributed by atoms with Gasteiger partial charge in [0.2, 0.25) is 0 Å². The molecular formula is C7H13NS2. The van der Waals surface area contributed by atoms with E-state index in [2.05, 4.69) is 31.8 Å². The fourth-order valence-electron chi connectivity index (χ4n) is 1.34. The van der Waals surface area contributed by atoms with Gasteiger partial charge in [-0.15, -0.1) is 0 Å². The van der Waals surface area contributed by atoms with E-state index >= 15 is 0 Å². The second-order valence-corrected chi connectivity index (χ2v) is 4.26. The monoisotopic (exact) mass is 175 g/mol. The van der Waals surface area contributed by atoms with Gasteiger partial charge in [0, 0.05) is 11.5 Å². The molecule has 1 aliphatic rings. The van der Waals surface area contributed by atoms with E-state index in [9.17, 15) is 0 Å². The van der Waals surface area contributed by atoms with Crippen LogP contribution in [0.25, 0.3) is 0 Å². The van der Waals surface area contributed by atoms with E-state index in [1.165, 1.54) is 0 Å². The lowest BCUT2D eigenvalue weighted by Crippen LogP contribution is -2.33. The Kier molecular flexibility index (Phi) is 2.25. The number of thiol groups is 1. The maximum absolute atomic E-state index is 5.13. The predicted octanol–water partition coefficient (Wildman–Crippen LogP) is 1.63. The molecule has 3 heteroatoms. The van der Waals surface area contributed by atoms with Gasteiger partial charge in [0.15, 0.2) is 0 Å². The van der Waals surface area contributed by atoms with E-state index in [-0.39, 0.29) is 5.54 Å². The zero-order valence-corrected chi connectivity index (χ0v) is 8.06. The Balaban J connectivity index is 2.61. The van der Waals surface area contributed by atoms with Gasteiger partial charge in [-0.25, -0.2) is 0 Å². The van der Waals surface area contributed by atoms with Gasteiger partial charge in [0.1, 0.15) is 0 Å². The van der Waals surface area contributed by atoms with Crippen LogP contribution in [0.2, 0.25) is 0 Å². The van der Waals surface area contributed by atoms with E-state index < -0.39 is 0 Å². The van der Waals surface area contributed by atoms with Crippen molar-refractivity contribution in [2.45, 2.75) is 25.8 Å². The second-order valence-electron chi connectivity index (χ2n) is 3.46. The first-order valence-corrected chi connectivity index (χ1v) is 4.52. The van der Waals surface area contributed by atoms with Crippen LogP contribution in [0.3, 0.4) is 0 Å². The Morgan fingerprint density at radius 1 is 1.80 bits per heavy atom. The number of hydrogen-bond donors (Lipinski definition) is 2. The molecule has 0 aliphatic carbocycles. The van der Waals surface area contributed by atoms with Gasteiger partial charge in [-0.2, -0.15) is 12.6 Å². The van der Waals surface area contributed by atoms with Crippen LogP contribution in [0.1, 0.15) is 20.3 Å². The van der Waals surface area contributed by atoms with E-state index in [0.717, 1.165) is 17.2 Å². The van der Waals surface area contributed by atoms with E-state index in [1.54, 1.807) is 0 Å². The molecule has 1 N–H and O–H groups in total. The Hall–Kier alpha value is 0.240. The van der Waals surface area contributed by atoms with Crippen molar-refractivity contribution in [3.63, 3.8) is 0 Å². The summed E-state index contributed by atoms with van der Waals surface area (Å²) < 4.78 is 0. The van der Waals surface area contributed by atoms with Crippen molar-refractivity contribution in [3.05, 3.63) is 0 Å². The highest BCUT2D eigenvalue weighted by atomic mass is 32.1. The fourth-order valence-corrected chi connectivity index (χ4v) is 2.22. The Bertz CT molecular complexity index is 154. The molecule has 0 spiro atoms. The van der Waals surface area contributed by atoms with E-state index in [0.29, 0.717) is 5.92 Å². The summed E-state index contributed by atoms with van der Waals surface area (Å²) in [5.74, 6) is 1.36. The molecule has 0 aromatic heterocycles. The van der Waals surface area contributed by atoms with Crippen LogP contribution in [0.15, 0.2) is 0 Å². The topological polar surface area (TPSA) is 12.0 Å². The van der Waals surface area contributed by atoms with Crippen LogP contribution in [0.4, 0.5) is 0 Å². The first-order valence-electron chi connectivity index (χ1n) is 3.48. The molecule has 1 fully saturated rings. The van der Waals surface area contributed by atoms with Crippen molar-refractivity contribution in [1.82, 2.24) is 5.32 Å². The fraction of sp³-hybridized carbons (Fsp3) is 0.857. The van der Waals surface area contributed by atoms with Crippen LogP contribution >= 0.6 is 24.8 Å². The first-order chi connectivity index (χ1) is 4.55. The summed E-state index contributed by atoms with van der Waals surface area (Å²) in [7, 11) is 0. The van der Waals surface area contributed by atoms with Gasteiger partial charge in [0.05, 0.1) is 4.99 Å². The van der Waals surface area contributed by atoms with Crippen LogP contribution in [-0.4, -0.2) is 16.3 Å². The average Bonchev–Trinajstić information content (AvgIpc) is 2.05. The quantitative estimate of drug-likeness (QED) is 0.464. The van der Waals surface area contributed by atoms with Crippen LogP contribution in [-0.2, 0) is 0 Å². The molecule has 0 aromatic rings. The molecule has 0 bridgehead atoms. The lowest BCUT2D eigenvalue weighted by atomic mass is 9.98. The minimum absolute atomic E-state index is 0.199. The highest BCUT2D eigenvalue weighted by Crippen LogP contribution is 2.25. The van der Waals surface area contributed by atoms with Crippen molar-refractivity contribution in [3.8, 4) is 0 Å². The Morgan fingerprint density at radius 2 is 2.40 bits per heavy atom. The van der Waals surface area contributed by atoms with Gasteiger partial charge in [-0.05, 0) is 26.0 Å². The Labute approximate surface area is 73.0 Å². The van der Waals surface area contributed by atoms with Crippen LogP contribution < -0.4 is 5.32 Å². The molecular weight excluding hydrogens is 162 g/mol. The summed E-state index contributed by atoms with van der Waals surface area (Å²) >= 11 is 9.35. The van der Waals surface area contributed by atoms with E-state index in [1.807, 2.05) is 0 Å². The minimum Gasteiger partial charge on any atom is -0.374 e. The summed E-state index contributed by atoms with van der Waals surface area (Å²) in [4.78, 5) is 0.986. The third-order valence-electron chi connectivity index (χ3n) is 1.81. The SMILES string of the molecule is CC1(C)CC(CS)C(=S)N1. The molecule has 0 saturated carbocycles. The molecule has 1 nitrogen and oxygen atoms in total. The van der Waals surface area contributed by atoms with Crippen molar-refractivity contribution < 1.29 is 0 Å². The lowest BCUT2D eigenvalue weighted by molar-refractivity contribution is 0.454. The molecule has 0 amide bonds. The number of nitrogens with one attached hydrogen (secondary N) is 1. The van der Waals surface area contributed by atoms with Crippen molar-refractivity contribution in [2.75, 3.05) is 5.75 Å². The molecule has 1 atom stereocenters. The van der Waals surface area contributed by atoms with Crippen molar-refractivity contribution in [2.24, 2.45) is 5.92 Å². The third kappa shape index (κ3) is 1.64. The Morgan fingerprint density at radius 3 is 2.60 bits per heavy atom. The summed E-state index contributed by atoms with van der Waals surface area (Å²) in [6.07, 6.45) is 1.12. The summed E-state index contributed by atoms with van der Waals surface area (Å²) in [6, 6.07) is 0. The highest BCUT2D eigenvalue weighted by molar-refractivity contribution is 7.81. The van der Waals surface area contributed by atoms with Gasteiger partial charge >= 0.3 is 0 Å².